The molecule has 4 rings (SSSR count). The second-order valence-electron chi connectivity index (χ2n) is 6.65. The zero-order chi connectivity index (χ0) is 22.6. The van der Waals surface area contributed by atoms with Gasteiger partial charge in [-0.05, 0) is 30.9 Å². The average molecular weight is 441 g/mol. The monoisotopic (exact) mass is 441 g/mol. The third-order valence-electron chi connectivity index (χ3n) is 4.83. The number of benzene rings is 1. The zero-order valence-electron chi connectivity index (χ0n) is 16.7. The normalized spacial score (nSPS) is 15.1. The molecule has 1 aliphatic carbocycles. The van der Waals surface area contributed by atoms with E-state index >= 15 is 0 Å². The lowest BCUT2D eigenvalue weighted by molar-refractivity contribution is -0.139. The van der Waals surface area contributed by atoms with Gasteiger partial charge in [-0.3, -0.25) is 0 Å². The van der Waals surface area contributed by atoms with E-state index in [1.165, 1.54) is 24.5 Å². The molecule has 0 bridgehead atoms. The predicted molar refractivity (Wildman–Crippen MR) is 102 cm³/mol. The fraction of sp³-hybridized carbons (Fsp3) is 0.400. The molecule has 3 aromatic rings. The predicted octanol–water partition coefficient (Wildman–Crippen LogP) is 6.00. The number of halogens is 5. The summed E-state index contributed by atoms with van der Waals surface area (Å²) in [6, 6.07) is 5.42. The van der Waals surface area contributed by atoms with Gasteiger partial charge in [0.2, 0.25) is 5.95 Å². The van der Waals surface area contributed by atoms with Crippen molar-refractivity contribution in [2.75, 3.05) is 5.32 Å². The van der Waals surface area contributed by atoms with Crippen molar-refractivity contribution in [3.63, 3.8) is 0 Å². The van der Waals surface area contributed by atoms with Gasteiger partial charge in [0.1, 0.15) is 0 Å². The number of hydrogen-bond donors (Lipinski definition) is 1. The van der Waals surface area contributed by atoms with Gasteiger partial charge in [-0.1, -0.05) is 32.0 Å². The molecule has 0 atom stereocenters. The van der Waals surface area contributed by atoms with E-state index < -0.39 is 29.6 Å². The molecule has 2 aromatic heterocycles. The molecule has 2 heterocycles. The number of alkyl halides is 5. The van der Waals surface area contributed by atoms with Gasteiger partial charge >= 0.3 is 12.6 Å². The molecule has 31 heavy (non-hydrogen) atoms. The first-order valence-corrected chi connectivity index (χ1v) is 9.67. The van der Waals surface area contributed by atoms with E-state index in [0.717, 1.165) is 12.5 Å². The summed E-state index contributed by atoms with van der Waals surface area (Å²) in [5.41, 5.74) is -1.27. The van der Waals surface area contributed by atoms with Crippen molar-refractivity contribution in [1.82, 2.24) is 20.2 Å². The van der Waals surface area contributed by atoms with Gasteiger partial charge in [0.15, 0.2) is 0 Å². The minimum atomic E-state index is -4.48. The molecule has 1 fully saturated rings. The van der Waals surface area contributed by atoms with Crippen molar-refractivity contribution in [2.24, 2.45) is 0 Å². The van der Waals surface area contributed by atoms with E-state index in [1.807, 2.05) is 13.8 Å². The van der Waals surface area contributed by atoms with Crippen molar-refractivity contribution < 1.29 is 26.4 Å². The fourth-order valence-corrected chi connectivity index (χ4v) is 3.30. The van der Waals surface area contributed by atoms with E-state index in [-0.39, 0.29) is 23.0 Å². The fourth-order valence-electron chi connectivity index (χ4n) is 3.30. The Labute approximate surface area is 174 Å². The summed E-state index contributed by atoms with van der Waals surface area (Å²) in [7, 11) is 0. The number of nitrogens with zero attached hydrogens (tertiary/aromatic N) is 4. The van der Waals surface area contributed by atoms with Gasteiger partial charge in [-0.2, -0.15) is 22.0 Å². The molecule has 0 aliphatic heterocycles. The molecule has 1 saturated carbocycles. The summed E-state index contributed by atoms with van der Waals surface area (Å²) in [6.45, 7) is 4.00. The van der Waals surface area contributed by atoms with E-state index in [4.69, 9.17) is 4.42 Å². The van der Waals surface area contributed by atoms with E-state index in [2.05, 4.69) is 25.5 Å². The first kappa shape index (κ1) is 22.6. The average Bonchev–Trinajstić information content (AvgIpc) is 3.23. The van der Waals surface area contributed by atoms with Crippen LogP contribution >= 0.6 is 0 Å². The van der Waals surface area contributed by atoms with Crippen LogP contribution in [0.15, 0.2) is 41.1 Å². The van der Waals surface area contributed by atoms with E-state index in [0.29, 0.717) is 12.8 Å². The van der Waals surface area contributed by atoms with Crippen molar-refractivity contribution in [2.45, 2.75) is 51.3 Å². The van der Waals surface area contributed by atoms with Crippen LogP contribution < -0.4 is 5.32 Å². The zero-order valence-corrected chi connectivity index (χ0v) is 16.7. The van der Waals surface area contributed by atoms with Gasteiger partial charge in [0.05, 0.1) is 16.7 Å². The van der Waals surface area contributed by atoms with Crippen LogP contribution in [0.3, 0.4) is 0 Å². The smallest absolute Gasteiger partial charge is 0.415 e. The van der Waals surface area contributed by atoms with E-state index in [9.17, 15) is 22.0 Å². The van der Waals surface area contributed by atoms with Gasteiger partial charge in [0, 0.05) is 12.4 Å². The second-order valence-corrected chi connectivity index (χ2v) is 6.65. The number of nitrogens with one attached hydrogen (secondary N) is 1. The van der Waals surface area contributed by atoms with Crippen LogP contribution in [-0.4, -0.2) is 20.2 Å². The van der Waals surface area contributed by atoms with Gasteiger partial charge < -0.3 is 9.73 Å². The molecular weight excluding hydrogens is 421 g/mol. The summed E-state index contributed by atoms with van der Waals surface area (Å²) >= 11 is 0. The molecule has 0 saturated heterocycles. The van der Waals surface area contributed by atoms with Crippen molar-refractivity contribution in [3.05, 3.63) is 53.7 Å². The third kappa shape index (κ3) is 4.64. The van der Waals surface area contributed by atoms with Crippen LogP contribution in [0.1, 0.15) is 56.6 Å². The maximum absolute atomic E-state index is 13.4. The second kappa shape index (κ2) is 8.94. The minimum Gasteiger partial charge on any atom is -0.415 e. The molecule has 0 spiro atoms. The van der Waals surface area contributed by atoms with Crippen LogP contribution in [0.2, 0.25) is 0 Å². The first-order valence-electron chi connectivity index (χ1n) is 9.67. The summed E-state index contributed by atoms with van der Waals surface area (Å²) < 4.78 is 70.3. The lowest BCUT2D eigenvalue weighted by Crippen LogP contribution is -2.44. The van der Waals surface area contributed by atoms with Crippen molar-refractivity contribution >= 4 is 5.95 Å². The Morgan fingerprint density at radius 3 is 2.19 bits per heavy atom. The van der Waals surface area contributed by atoms with Crippen LogP contribution in [-0.2, 0) is 11.7 Å². The highest BCUT2D eigenvalue weighted by Crippen LogP contribution is 2.47. The maximum Gasteiger partial charge on any atom is 0.416 e. The Morgan fingerprint density at radius 1 is 1.03 bits per heavy atom. The van der Waals surface area contributed by atoms with Gasteiger partial charge in [-0.15, -0.1) is 10.2 Å². The minimum absolute atomic E-state index is 0.110. The first-order chi connectivity index (χ1) is 14.8. The molecule has 0 unspecified atom stereocenters. The Hall–Kier alpha value is -3.11. The van der Waals surface area contributed by atoms with Crippen LogP contribution in [0.25, 0.3) is 11.5 Å². The Bertz CT molecular complexity index is 1000. The molecule has 0 radical (unpaired) electrons. The number of hydrogen-bond acceptors (Lipinski definition) is 6. The standard InChI is InChI=1S/C18H14F5N5O.C2H6/c19-13(20)15-28-27-14(29-15)10-8-24-16(25-9-10)26-17(6-3-7-17)11-4-1-2-5-12(11)18(21,22)23;1-2/h1-2,4-5,8-9,13H,3,6-7H2,(H,24,25,26);1-2H3. The molecule has 166 valence electrons. The van der Waals surface area contributed by atoms with Crippen LogP contribution in [0.4, 0.5) is 27.9 Å². The molecule has 1 aromatic carbocycles. The summed E-state index contributed by atoms with van der Waals surface area (Å²) in [6.07, 6.45) is -3.08. The maximum atomic E-state index is 13.4. The van der Waals surface area contributed by atoms with Gasteiger partial charge in [-0.25, -0.2) is 9.97 Å². The highest BCUT2D eigenvalue weighted by molar-refractivity contribution is 5.51. The molecule has 1 N–H and O–H groups in total. The Balaban J connectivity index is 0.00000132. The largest absolute Gasteiger partial charge is 0.416 e. The number of aromatic nitrogens is 4. The van der Waals surface area contributed by atoms with Crippen molar-refractivity contribution in [3.8, 4) is 11.5 Å². The van der Waals surface area contributed by atoms with Gasteiger partial charge in [0.25, 0.3) is 11.8 Å². The quantitative estimate of drug-likeness (QED) is 0.490. The SMILES string of the molecule is CC.FC(F)c1nnc(-c2cnc(NC3(c4ccccc4C(F)(F)F)CCC3)nc2)o1. The lowest BCUT2D eigenvalue weighted by Gasteiger charge is -2.44. The Morgan fingerprint density at radius 2 is 1.68 bits per heavy atom. The highest BCUT2D eigenvalue weighted by Gasteiger charge is 2.45. The van der Waals surface area contributed by atoms with E-state index in [1.54, 1.807) is 6.07 Å². The summed E-state index contributed by atoms with van der Waals surface area (Å²) in [5.74, 6) is -0.883. The molecule has 11 heteroatoms. The van der Waals surface area contributed by atoms with Crippen LogP contribution in [0, 0.1) is 0 Å². The molecule has 1 aliphatic rings. The number of rotatable bonds is 5. The molecular formula is C20H20F5N5O. The lowest BCUT2D eigenvalue weighted by atomic mass is 9.70. The Kier molecular flexibility index (Phi) is 6.51. The van der Waals surface area contributed by atoms with Crippen LogP contribution in [0.5, 0.6) is 0 Å². The van der Waals surface area contributed by atoms with Crippen molar-refractivity contribution in [1.29, 1.82) is 0 Å². The topological polar surface area (TPSA) is 76.7 Å². The molecule has 6 nitrogen and oxygen atoms in total. The third-order valence-corrected chi connectivity index (χ3v) is 4.83. The number of anilines is 1. The summed E-state index contributed by atoms with van der Waals surface area (Å²) in [4.78, 5) is 8.15. The summed E-state index contributed by atoms with van der Waals surface area (Å²) in [5, 5.41) is 9.74. The highest BCUT2D eigenvalue weighted by atomic mass is 19.4. The molecule has 0 amide bonds.